The number of hydrogen-bond donors (Lipinski definition) is 2. The van der Waals surface area contributed by atoms with E-state index in [4.69, 9.17) is 10.5 Å². The number of para-hydroxylation sites is 1. The van der Waals surface area contributed by atoms with Crippen molar-refractivity contribution in [2.24, 2.45) is 17.6 Å². The van der Waals surface area contributed by atoms with Gasteiger partial charge in [0.05, 0.1) is 23.3 Å². The molecule has 1 aliphatic heterocycles. The average Bonchev–Trinajstić information content (AvgIpc) is 3.33. The van der Waals surface area contributed by atoms with E-state index in [1.165, 1.54) is 10.8 Å². The number of carbonyl (C=O) groups is 3. The van der Waals surface area contributed by atoms with Gasteiger partial charge in [0, 0.05) is 24.0 Å². The molecule has 1 aromatic heterocycles. The molecular formula is C25H29F3N4O4. The third kappa shape index (κ3) is 5.07. The number of Topliss-reactive ketones (excluding diaryl/α,β-unsaturated/α-hetero) is 1. The lowest BCUT2D eigenvalue weighted by atomic mass is 9.82. The normalized spacial score (nSPS) is 27.6. The van der Waals surface area contributed by atoms with Crippen LogP contribution in [0.5, 0.6) is 0 Å². The van der Waals surface area contributed by atoms with E-state index in [0.717, 1.165) is 12.8 Å². The maximum atomic E-state index is 13.3. The predicted octanol–water partition coefficient (Wildman–Crippen LogP) is 4.66. The number of nitrogens with one attached hydrogen (secondary N) is 1. The number of likely N-dealkylation sites (tertiary alicyclic amines) is 1. The standard InChI is InChI=1S/C25H29F3N4O4/c26-25(27,28)13-36-16-5-3-4-14(8-16)9-22(33)21-11-15-10-20(15)32(21)24(35)30-18-12-31(23(29)34)19-7-2-1-6-17(18)19/h1-2,6-7,12,14-16,20-21H,3-5,8-11,13H2,(H2,29,34)(H,30,35)/t14?,15-,16?,20-,21+/m1/s1. The van der Waals surface area contributed by atoms with E-state index in [2.05, 4.69) is 5.32 Å². The molecule has 3 fully saturated rings. The largest absolute Gasteiger partial charge is 0.411 e. The molecule has 3 N–H and O–H groups in total. The number of carbonyl (C=O) groups excluding carboxylic acids is 3. The highest BCUT2D eigenvalue weighted by molar-refractivity contribution is 6.05. The first-order chi connectivity index (χ1) is 17.1. The van der Waals surface area contributed by atoms with E-state index >= 15 is 0 Å². The fraction of sp³-hybridized carbons (Fsp3) is 0.560. The number of piperidine rings is 1. The Bertz CT molecular complexity index is 1180. The van der Waals surface area contributed by atoms with Crippen LogP contribution in [-0.4, -0.2) is 58.3 Å². The summed E-state index contributed by atoms with van der Waals surface area (Å²) in [6.07, 6.45) is 0.717. The molecule has 11 heteroatoms. The molecule has 0 radical (unpaired) electrons. The lowest BCUT2D eigenvalue weighted by Gasteiger charge is -2.31. The van der Waals surface area contributed by atoms with Crippen molar-refractivity contribution in [1.29, 1.82) is 0 Å². The number of anilines is 1. The number of fused-ring (bicyclic) bond motifs is 2. The lowest BCUT2D eigenvalue weighted by Crippen LogP contribution is -2.46. The van der Waals surface area contributed by atoms with Crippen molar-refractivity contribution in [2.45, 2.75) is 69.3 Å². The van der Waals surface area contributed by atoms with Gasteiger partial charge in [0.1, 0.15) is 6.61 Å². The molecule has 2 aliphatic carbocycles. The Morgan fingerprint density at radius 3 is 2.64 bits per heavy atom. The minimum absolute atomic E-state index is 0.00216. The van der Waals surface area contributed by atoms with Crippen LogP contribution in [0.2, 0.25) is 0 Å². The summed E-state index contributed by atoms with van der Waals surface area (Å²) >= 11 is 0. The molecule has 0 bridgehead atoms. The zero-order valence-corrected chi connectivity index (χ0v) is 19.7. The minimum Gasteiger partial charge on any atom is -0.369 e. The Kier molecular flexibility index (Phi) is 6.44. The summed E-state index contributed by atoms with van der Waals surface area (Å²) in [6, 6.07) is 5.42. The molecule has 36 heavy (non-hydrogen) atoms. The van der Waals surface area contributed by atoms with Crippen LogP contribution in [0.15, 0.2) is 30.5 Å². The van der Waals surface area contributed by atoms with Gasteiger partial charge in [-0.05, 0) is 50.0 Å². The average molecular weight is 507 g/mol. The van der Waals surface area contributed by atoms with E-state index in [1.54, 1.807) is 29.2 Å². The number of rotatable bonds is 6. The molecule has 2 saturated carbocycles. The van der Waals surface area contributed by atoms with Gasteiger partial charge in [-0.3, -0.25) is 9.36 Å². The van der Waals surface area contributed by atoms with E-state index in [0.29, 0.717) is 42.3 Å². The Balaban J connectivity index is 1.25. The molecule has 3 amide bonds. The molecule has 2 aromatic rings. The van der Waals surface area contributed by atoms with Gasteiger partial charge in [0.25, 0.3) is 0 Å². The number of nitrogens with zero attached hydrogens (tertiary/aromatic N) is 2. The van der Waals surface area contributed by atoms with E-state index in [-0.39, 0.29) is 30.1 Å². The number of aromatic nitrogens is 1. The zero-order valence-electron chi connectivity index (χ0n) is 19.7. The molecule has 5 atom stereocenters. The number of urea groups is 1. The number of ketones is 1. The van der Waals surface area contributed by atoms with E-state index in [1.807, 2.05) is 0 Å². The van der Waals surface area contributed by atoms with Gasteiger partial charge in [-0.25, -0.2) is 9.59 Å². The van der Waals surface area contributed by atoms with Crippen molar-refractivity contribution >= 4 is 34.4 Å². The first-order valence-corrected chi connectivity index (χ1v) is 12.3. The van der Waals surface area contributed by atoms with E-state index in [9.17, 15) is 27.6 Å². The number of nitrogens with two attached hydrogens (primary N) is 1. The van der Waals surface area contributed by atoms with Crippen LogP contribution >= 0.6 is 0 Å². The number of ether oxygens (including phenoxy) is 1. The van der Waals surface area contributed by atoms with Crippen LogP contribution in [0, 0.1) is 11.8 Å². The molecular weight excluding hydrogens is 477 g/mol. The first kappa shape index (κ1) is 24.6. The van der Waals surface area contributed by atoms with Crippen LogP contribution in [-0.2, 0) is 9.53 Å². The van der Waals surface area contributed by atoms with Crippen molar-refractivity contribution in [3.8, 4) is 0 Å². The highest BCUT2D eigenvalue weighted by Crippen LogP contribution is 2.49. The van der Waals surface area contributed by atoms with Crippen molar-refractivity contribution < 1.29 is 32.3 Å². The van der Waals surface area contributed by atoms with Crippen molar-refractivity contribution in [2.75, 3.05) is 11.9 Å². The number of hydrogen-bond acceptors (Lipinski definition) is 4. The quantitative estimate of drug-likeness (QED) is 0.594. The monoisotopic (exact) mass is 506 g/mol. The Morgan fingerprint density at radius 1 is 1.11 bits per heavy atom. The van der Waals surface area contributed by atoms with Gasteiger partial charge < -0.3 is 20.7 Å². The maximum Gasteiger partial charge on any atom is 0.411 e. The Hall–Kier alpha value is -3.08. The number of benzene rings is 1. The highest BCUT2D eigenvalue weighted by Gasteiger charge is 2.56. The van der Waals surface area contributed by atoms with Gasteiger partial charge in [-0.15, -0.1) is 0 Å². The minimum atomic E-state index is -4.37. The molecule has 8 nitrogen and oxygen atoms in total. The Labute approximate surface area is 205 Å². The van der Waals surface area contributed by atoms with Crippen molar-refractivity contribution in [1.82, 2.24) is 9.47 Å². The smallest absolute Gasteiger partial charge is 0.369 e. The van der Waals surface area contributed by atoms with Gasteiger partial charge in [-0.2, -0.15) is 13.2 Å². The summed E-state index contributed by atoms with van der Waals surface area (Å²) in [5, 5.41) is 3.52. The topological polar surface area (TPSA) is 107 Å². The third-order valence-electron chi connectivity index (χ3n) is 7.61. The van der Waals surface area contributed by atoms with Crippen molar-refractivity contribution in [3.05, 3.63) is 30.5 Å². The summed E-state index contributed by atoms with van der Waals surface area (Å²) in [7, 11) is 0. The van der Waals surface area contributed by atoms with E-state index < -0.39 is 37.0 Å². The van der Waals surface area contributed by atoms with Gasteiger partial charge in [0.15, 0.2) is 5.78 Å². The molecule has 5 rings (SSSR count). The maximum absolute atomic E-state index is 13.3. The Morgan fingerprint density at radius 2 is 1.89 bits per heavy atom. The molecule has 0 spiro atoms. The van der Waals surface area contributed by atoms with Crippen LogP contribution in [0.3, 0.4) is 0 Å². The lowest BCUT2D eigenvalue weighted by molar-refractivity contribution is -0.189. The van der Waals surface area contributed by atoms with Crippen LogP contribution < -0.4 is 11.1 Å². The van der Waals surface area contributed by atoms with Gasteiger partial charge in [0.2, 0.25) is 0 Å². The predicted molar refractivity (Wildman–Crippen MR) is 125 cm³/mol. The van der Waals surface area contributed by atoms with Gasteiger partial charge >= 0.3 is 18.2 Å². The summed E-state index contributed by atoms with van der Waals surface area (Å²) in [4.78, 5) is 40.0. The van der Waals surface area contributed by atoms with Gasteiger partial charge in [-0.1, -0.05) is 24.6 Å². The molecule has 2 unspecified atom stereocenters. The zero-order chi connectivity index (χ0) is 25.6. The number of halogens is 3. The number of amides is 3. The van der Waals surface area contributed by atoms with Crippen LogP contribution in [0.4, 0.5) is 28.4 Å². The van der Waals surface area contributed by atoms with Crippen LogP contribution in [0.25, 0.3) is 10.9 Å². The molecule has 194 valence electrons. The number of primary amides is 1. The third-order valence-corrected chi connectivity index (χ3v) is 7.61. The first-order valence-electron chi connectivity index (χ1n) is 12.3. The fourth-order valence-corrected chi connectivity index (χ4v) is 5.89. The number of alkyl halides is 3. The molecule has 2 heterocycles. The molecule has 3 aliphatic rings. The summed E-state index contributed by atoms with van der Waals surface area (Å²) < 4.78 is 43.9. The summed E-state index contributed by atoms with van der Waals surface area (Å²) in [5.74, 6) is 0.170. The SMILES string of the molecule is NC(=O)n1cc(NC(=O)N2[C@@H]3C[C@@H]3C[C@H]2C(=O)CC2CCCC(OCC(F)(F)F)C2)c2ccccc21. The summed E-state index contributed by atoms with van der Waals surface area (Å²) in [6.45, 7) is -1.27. The second kappa shape index (κ2) is 9.42. The fourth-order valence-electron chi connectivity index (χ4n) is 5.89. The molecule has 1 aromatic carbocycles. The summed E-state index contributed by atoms with van der Waals surface area (Å²) in [5.41, 5.74) is 6.47. The molecule has 1 saturated heterocycles. The van der Waals surface area contributed by atoms with Crippen LogP contribution in [0.1, 0.15) is 44.9 Å². The second-order valence-corrected chi connectivity index (χ2v) is 10.2. The second-order valence-electron chi connectivity index (χ2n) is 10.2. The van der Waals surface area contributed by atoms with Crippen molar-refractivity contribution in [3.63, 3.8) is 0 Å². The highest BCUT2D eigenvalue weighted by atomic mass is 19.4.